The molecule has 3 aromatic rings. The average molecular weight is 360 g/mol. The molecular formula is C18H18ClN3OS. The Morgan fingerprint density at radius 2 is 2.12 bits per heavy atom. The number of fused-ring (bicyclic) bond motifs is 1. The first kappa shape index (κ1) is 15.7. The van der Waals surface area contributed by atoms with Crippen LogP contribution in [0.1, 0.15) is 47.1 Å². The number of nitrogens with one attached hydrogen (secondary N) is 1. The molecule has 3 aromatic heterocycles. The Morgan fingerprint density at radius 1 is 1.29 bits per heavy atom. The van der Waals surface area contributed by atoms with E-state index >= 15 is 0 Å². The van der Waals surface area contributed by atoms with E-state index in [1.54, 1.807) is 15.7 Å². The van der Waals surface area contributed by atoms with Crippen LogP contribution >= 0.6 is 22.9 Å². The van der Waals surface area contributed by atoms with E-state index in [0.29, 0.717) is 17.3 Å². The van der Waals surface area contributed by atoms with Crippen molar-refractivity contribution >= 4 is 34.5 Å². The van der Waals surface area contributed by atoms with E-state index < -0.39 is 0 Å². The summed E-state index contributed by atoms with van der Waals surface area (Å²) in [7, 11) is 0. The van der Waals surface area contributed by atoms with Gasteiger partial charge in [-0.05, 0) is 42.3 Å². The smallest absolute Gasteiger partial charge is 0.272 e. The van der Waals surface area contributed by atoms with Gasteiger partial charge in [0.15, 0.2) is 10.8 Å². The molecule has 1 aliphatic rings. The summed E-state index contributed by atoms with van der Waals surface area (Å²) in [5.41, 5.74) is 1.09. The number of aromatic nitrogens is 2. The number of amides is 1. The molecule has 4 rings (SSSR count). The predicted molar refractivity (Wildman–Crippen MR) is 96.7 cm³/mol. The third kappa shape index (κ3) is 2.82. The van der Waals surface area contributed by atoms with Crippen LogP contribution in [0.3, 0.4) is 0 Å². The van der Waals surface area contributed by atoms with Crippen molar-refractivity contribution < 1.29 is 4.79 Å². The Bertz CT molecular complexity index is 852. The molecule has 24 heavy (non-hydrogen) atoms. The number of hydrogen-bond acceptors (Lipinski definition) is 3. The second-order valence-corrected chi connectivity index (χ2v) is 7.53. The van der Waals surface area contributed by atoms with Crippen molar-refractivity contribution in [2.75, 3.05) is 0 Å². The second-order valence-electron chi connectivity index (χ2n) is 6.19. The summed E-state index contributed by atoms with van der Waals surface area (Å²) in [4.78, 5) is 18.4. The first-order valence-electron chi connectivity index (χ1n) is 8.21. The maximum absolute atomic E-state index is 13.0. The minimum atomic E-state index is -0.163. The van der Waals surface area contributed by atoms with Crippen LogP contribution in [0.4, 0.5) is 0 Å². The van der Waals surface area contributed by atoms with Crippen molar-refractivity contribution in [2.45, 2.75) is 31.7 Å². The molecule has 0 saturated heterocycles. The highest BCUT2D eigenvalue weighted by Gasteiger charge is 2.30. The topological polar surface area (TPSA) is 46.4 Å². The second kappa shape index (κ2) is 6.57. The molecule has 3 heterocycles. The highest BCUT2D eigenvalue weighted by Crippen LogP contribution is 2.37. The first-order chi connectivity index (χ1) is 11.7. The maximum atomic E-state index is 13.0. The molecule has 1 saturated carbocycles. The molecule has 0 bridgehead atoms. The normalized spacial score (nSPS) is 16.5. The van der Waals surface area contributed by atoms with Crippen LogP contribution in [-0.4, -0.2) is 15.3 Å². The summed E-state index contributed by atoms with van der Waals surface area (Å²) in [6, 6.07) is 9.78. The van der Waals surface area contributed by atoms with Gasteiger partial charge in [-0.1, -0.05) is 36.6 Å². The largest absolute Gasteiger partial charge is 0.343 e. The standard InChI is InChI=1S/C18H18ClN3OS/c19-17-16(22-10-4-3-9-14(22)20-17)18(23)21-15(12-6-1-2-7-12)13-8-5-11-24-13/h3-5,8-12,15H,1-2,6-7H2,(H,21,23). The zero-order chi connectivity index (χ0) is 16.5. The molecule has 124 valence electrons. The molecule has 6 heteroatoms. The van der Waals surface area contributed by atoms with E-state index in [1.807, 2.05) is 30.5 Å². The Hall–Kier alpha value is -1.85. The molecule has 4 nitrogen and oxygen atoms in total. The fourth-order valence-corrected chi connectivity index (χ4v) is 4.69. The third-order valence-corrected chi connectivity index (χ3v) is 5.93. The van der Waals surface area contributed by atoms with E-state index in [2.05, 4.69) is 21.7 Å². The quantitative estimate of drug-likeness (QED) is 0.733. The number of thiophene rings is 1. The van der Waals surface area contributed by atoms with Crippen molar-refractivity contribution in [2.24, 2.45) is 5.92 Å². The molecule has 1 atom stereocenters. The van der Waals surface area contributed by atoms with E-state index in [4.69, 9.17) is 11.6 Å². The summed E-state index contributed by atoms with van der Waals surface area (Å²) in [6.07, 6.45) is 6.60. The summed E-state index contributed by atoms with van der Waals surface area (Å²) in [5.74, 6) is 0.328. The van der Waals surface area contributed by atoms with Crippen LogP contribution in [0.5, 0.6) is 0 Å². The van der Waals surface area contributed by atoms with Crippen molar-refractivity contribution in [1.82, 2.24) is 14.7 Å². The lowest BCUT2D eigenvalue weighted by atomic mass is 9.96. The van der Waals surface area contributed by atoms with Gasteiger partial charge >= 0.3 is 0 Å². The molecule has 1 unspecified atom stereocenters. The molecule has 0 spiro atoms. The molecule has 0 aliphatic heterocycles. The number of hydrogen-bond donors (Lipinski definition) is 1. The third-order valence-electron chi connectivity index (χ3n) is 4.71. The number of halogens is 1. The lowest BCUT2D eigenvalue weighted by Gasteiger charge is -2.23. The van der Waals surface area contributed by atoms with Gasteiger partial charge in [0.2, 0.25) is 0 Å². The maximum Gasteiger partial charge on any atom is 0.272 e. The van der Waals surface area contributed by atoms with E-state index in [-0.39, 0.29) is 17.1 Å². The number of rotatable bonds is 4. The van der Waals surface area contributed by atoms with Crippen LogP contribution < -0.4 is 5.32 Å². The lowest BCUT2D eigenvalue weighted by Crippen LogP contribution is -2.33. The van der Waals surface area contributed by atoms with Gasteiger partial charge in [0.1, 0.15) is 5.65 Å². The fraction of sp³-hybridized carbons (Fsp3) is 0.333. The molecule has 1 amide bonds. The zero-order valence-corrected chi connectivity index (χ0v) is 14.7. The van der Waals surface area contributed by atoms with Crippen LogP contribution in [0.15, 0.2) is 41.9 Å². The summed E-state index contributed by atoms with van der Waals surface area (Å²) < 4.78 is 1.75. The minimum absolute atomic E-state index is 0.0466. The monoisotopic (exact) mass is 359 g/mol. The Morgan fingerprint density at radius 3 is 2.88 bits per heavy atom. The number of carbonyl (C=O) groups excluding carboxylic acids is 1. The van der Waals surface area contributed by atoms with Crippen molar-refractivity contribution in [3.05, 3.63) is 57.6 Å². The van der Waals surface area contributed by atoms with Gasteiger partial charge in [-0.3, -0.25) is 9.20 Å². The molecule has 1 aliphatic carbocycles. The Balaban J connectivity index is 1.66. The Labute approximate surface area is 149 Å². The minimum Gasteiger partial charge on any atom is -0.343 e. The SMILES string of the molecule is O=C(NC(c1cccs1)C1CCCC1)c1c(Cl)nc2ccccn12. The van der Waals surface area contributed by atoms with Crippen molar-refractivity contribution in [1.29, 1.82) is 0 Å². The predicted octanol–water partition coefficient (Wildman–Crippen LogP) is 4.71. The van der Waals surface area contributed by atoms with Gasteiger partial charge in [0.25, 0.3) is 5.91 Å². The van der Waals surface area contributed by atoms with Crippen molar-refractivity contribution in [3.63, 3.8) is 0 Å². The Kier molecular flexibility index (Phi) is 4.29. The van der Waals surface area contributed by atoms with Crippen molar-refractivity contribution in [3.8, 4) is 0 Å². The number of pyridine rings is 1. The zero-order valence-electron chi connectivity index (χ0n) is 13.1. The van der Waals surface area contributed by atoms with E-state index in [0.717, 1.165) is 12.8 Å². The molecule has 1 N–H and O–H groups in total. The molecular weight excluding hydrogens is 342 g/mol. The summed E-state index contributed by atoms with van der Waals surface area (Å²) in [6.45, 7) is 0. The van der Waals surface area contributed by atoms with Gasteiger partial charge < -0.3 is 5.32 Å². The van der Waals surface area contributed by atoms with Gasteiger partial charge in [-0.15, -0.1) is 11.3 Å². The average Bonchev–Trinajstić information content (AvgIpc) is 3.32. The molecule has 1 fully saturated rings. The van der Waals surface area contributed by atoms with E-state index in [1.165, 1.54) is 17.7 Å². The lowest BCUT2D eigenvalue weighted by molar-refractivity contribution is 0.0917. The van der Waals surface area contributed by atoms with Gasteiger partial charge in [-0.2, -0.15) is 0 Å². The highest BCUT2D eigenvalue weighted by molar-refractivity contribution is 7.10. The van der Waals surface area contributed by atoms with Gasteiger partial charge in [0.05, 0.1) is 6.04 Å². The number of carbonyl (C=O) groups is 1. The highest BCUT2D eigenvalue weighted by atomic mass is 35.5. The van der Waals surface area contributed by atoms with Crippen LogP contribution in [0.25, 0.3) is 5.65 Å². The first-order valence-corrected chi connectivity index (χ1v) is 9.46. The van der Waals surface area contributed by atoms with Gasteiger partial charge in [-0.25, -0.2) is 4.98 Å². The van der Waals surface area contributed by atoms with Crippen LogP contribution in [-0.2, 0) is 0 Å². The molecule has 0 radical (unpaired) electrons. The summed E-state index contributed by atoms with van der Waals surface area (Å²) >= 11 is 7.94. The van der Waals surface area contributed by atoms with E-state index in [9.17, 15) is 4.79 Å². The van der Waals surface area contributed by atoms with Crippen LogP contribution in [0, 0.1) is 5.92 Å². The summed E-state index contributed by atoms with van der Waals surface area (Å²) in [5, 5.41) is 5.53. The molecule has 0 aromatic carbocycles. The van der Waals surface area contributed by atoms with Gasteiger partial charge in [0, 0.05) is 11.1 Å². The number of nitrogens with zero attached hydrogens (tertiary/aromatic N) is 2. The number of imidazole rings is 1. The van der Waals surface area contributed by atoms with Crippen LogP contribution in [0.2, 0.25) is 5.15 Å². The fourth-order valence-electron chi connectivity index (χ4n) is 3.56.